The van der Waals surface area contributed by atoms with Gasteiger partial charge in [-0.3, -0.25) is 0 Å². The van der Waals surface area contributed by atoms with E-state index in [-0.39, 0.29) is 19.0 Å². The van der Waals surface area contributed by atoms with Crippen molar-refractivity contribution in [1.29, 1.82) is 0 Å². The quantitative estimate of drug-likeness (QED) is 0.856. The molecule has 1 heterocycles. The first-order valence-corrected chi connectivity index (χ1v) is 6.27. The highest BCUT2D eigenvalue weighted by Gasteiger charge is 2.19. The topological polar surface area (TPSA) is 57.2 Å². The van der Waals surface area contributed by atoms with Crippen LogP contribution in [0.1, 0.15) is 25.8 Å². The van der Waals surface area contributed by atoms with Crippen LogP contribution in [0.25, 0.3) is 0 Å². The minimum Gasteiger partial charge on any atom is -0.493 e. The lowest BCUT2D eigenvalue weighted by Crippen LogP contribution is -2.25. The van der Waals surface area contributed by atoms with Crippen LogP contribution in [0, 0.1) is 0 Å². The second-order valence-corrected chi connectivity index (χ2v) is 5.03. The van der Waals surface area contributed by atoms with Crippen molar-refractivity contribution in [3.63, 3.8) is 0 Å². The molecule has 2 rings (SSSR count). The molecule has 0 radical (unpaired) electrons. The largest absolute Gasteiger partial charge is 0.493 e. The maximum Gasteiger partial charge on any atom is 0.231 e. The Balaban J connectivity index is 2.03. The molecule has 0 amide bonds. The molecule has 1 aromatic rings. The first-order valence-electron chi connectivity index (χ1n) is 6.27. The summed E-state index contributed by atoms with van der Waals surface area (Å²) in [7, 11) is 1.68. The molecule has 0 unspecified atom stereocenters. The fraction of sp³-hybridized carbons (Fsp3) is 0.571. The van der Waals surface area contributed by atoms with Crippen molar-refractivity contribution in [2.24, 2.45) is 0 Å². The maximum atomic E-state index is 9.35. The third kappa shape index (κ3) is 3.30. The fourth-order valence-electron chi connectivity index (χ4n) is 1.73. The zero-order chi connectivity index (χ0) is 13.9. The first-order chi connectivity index (χ1) is 9.05. The lowest BCUT2D eigenvalue weighted by Gasteiger charge is -2.23. The van der Waals surface area contributed by atoms with Gasteiger partial charge >= 0.3 is 0 Å². The van der Waals surface area contributed by atoms with E-state index in [9.17, 15) is 5.11 Å². The van der Waals surface area contributed by atoms with E-state index in [2.05, 4.69) is 0 Å². The summed E-state index contributed by atoms with van der Waals surface area (Å²) in [6.45, 7) is 4.62. The molecule has 1 aliphatic heterocycles. The molecule has 0 saturated heterocycles. The molecule has 0 spiro atoms. The van der Waals surface area contributed by atoms with Crippen molar-refractivity contribution in [1.82, 2.24) is 0 Å². The minimum atomic E-state index is -0.226. The summed E-state index contributed by atoms with van der Waals surface area (Å²) < 4.78 is 21.6. The van der Waals surface area contributed by atoms with Crippen molar-refractivity contribution < 1.29 is 24.1 Å². The number of hydrogen-bond donors (Lipinski definition) is 1. The van der Waals surface area contributed by atoms with E-state index in [1.54, 1.807) is 19.2 Å². The number of hydrogen-bond acceptors (Lipinski definition) is 5. The lowest BCUT2D eigenvalue weighted by atomic mass is 10.1. The van der Waals surface area contributed by atoms with Crippen molar-refractivity contribution >= 4 is 0 Å². The van der Waals surface area contributed by atoms with Crippen LogP contribution in [0.4, 0.5) is 0 Å². The van der Waals surface area contributed by atoms with Gasteiger partial charge in [0.15, 0.2) is 11.5 Å². The van der Waals surface area contributed by atoms with Crippen LogP contribution in [0.3, 0.4) is 0 Å². The van der Waals surface area contributed by atoms with Gasteiger partial charge in [0.05, 0.1) is 18.8 Å². The zero-order valence-corrected chi connectivity index (χ0v) is 11.6. The summed E-state index contributed by atoms with van der Waals surface area (Å²) in [6.07, 6.45) is 0.753. The van der Waals surface area contributed by atoms with Gasteiger partial charge in [-0.25, -0.2) is 0 Å². The van der Waals surface area contributed by atoms with Gasteiger partial charge in [-0.1, -0.05) is 0 Å². The van der Waals surface area contributed by atoms with Crippen LogP contribution in [-0.2, 0) is 11.3 Å². The Morgan fingerprint density at radius 2 is 1.95 bits per heavy atom. The normalized spacial score (nSPS) is 13.7. The molecule has 0 atom stereocenters. The van der Waals surface area contributed by atoms with Gasteiger partial charge in [-0.15, -0.1) is 0 Å². The van der Waals surface area contributed by atoms with Crippen LogP contribution < -0.4 is 14.2 Å². The number of methoxy groups -OCH3 is 1. The minimum absolute atomic E-state index is 0.0976. The van der Waals surface area contributed by atoms with Crippen LogP contribution in [0.15, 0.2) is 12.1 Å². The van der Waals surface area contributed by atoms with Crippen molar-refractivity contribution in [3.05, 3.63) is 17.7 Å². The van der Waals surface area contributed by atoms with Gasteiger partial charge in [0.1, 0.15) is 5.75 Å². The Morgan fingerprint density at radius 1 is 1.26 bits per heavy atom. The average Bonchev–Trinajstić information content (AvgIpc) is 2.84. The number of aliphatic hydroxyl groups excluding tert-OH is 1. The van der Waals surface area contributed by atoms with E-state index >= 15 is 0 Å². The molecule has 5 heteroatoms. The molecule has 19 heavy (non-hydrogen) atoms. The average molecular weight is 268 g/mol. The van der Waals surface area contributed by atoms with Crippen LogP contribution in [0.2, 0.25) is 0 Å². The van der Waals surface area contributed by atoms with E-state index in [0.29, 0.717) is 29.4 Å². The molecule has 5 nitrogen and oxygen atoms in total. The third-order valence-corrected chi connectivity index (χ3v) is 3.24. The zero-order valence-electron chi connectivity index (χ0n) is 11.6. The Bertz CT molecular complexity index is 442. The van der Waals surface area contributed by atoms with E-state index in [4.69, 9.17) is 18.9 Å². The number of ether oxygens (including phenoxy) is 4. The summed E-state index contributed by atoms with van der Waals surface area (Å²) in [5, 5.41) is 9.35. The molecule has 1 aromatic carbocycles. The van der Waals surface area contributed by atoms with Gasteiger partial charge in [0.25, 0.3) is 0 Å². The molecular formula is C14H20O5. The molecular weight excluding hydrogens is 248 g/mol. The fourth-order valence-corrected chi connectivity index (χ4v) is 1.73. The van der Waals surface area contributed by atoms with Gasteiger partial charge < -0.3 is 24.1 Å². The van der Waals surface area contributed by atoms with Gasteiger partial charge in [0, 0.05) is 25.2 Å². The van der Waals surface area contributed by atoms with E-state index < -0.39 is 0 Å². The Labute approximate surface area is 113 Å². The first kappa shape index (κ1) is 14.0. The molecule has 0 aromatic heterocycles. The number of benzene rings is 1. The lowest BCUT2D eigenvalue weighted by molar-refractivity contribution is 0.00529. The summed E-state index contributed by atoms with van der Waals surface area (Å²) >= 11 is 0. The molecule has 0 saturated carbocycles. The summed E-state index contributed by atoms with van der Waals surface area (Å²) in [4.78, 5) is 0. The van der Waals surface area contributed by atoms with E-state index in [1.807, 2.05) is 13.8 Å². The Kier molecular flexibility index (Phi) is 4.17. The highest BCUT2D eigenvalue weighted by atomic mass is 16.7. The number of fused-ring (bicyclic) bond motifs is 1. The second-order valence-electron chi connectivity index (χ2n) is 5.03. The summed E-state index contributed by atoms with van der Waals surface area (Å²) in [5.74, 6) is 1.92. The molecule has 0 aliphatic carbocycles. The Morgan fingerprint density at radius 3 is 2.58 bits per heavy atom. The van der Waals surface area contributed by atoms with E-state index in [0.717, 1.165) is 6.42 Å². The van der Waals surface area contributed by atoms with Gasteiger partial charge in [-0.2, -0.15) is 0 Å². The standard InChI is InChI=1S/C14H20O5/c1-14(2,16-3)4-5-17-11-7-13-12(18-9-19-13)6-10(11)8-15/h6-7,15H,4-5,8-9H2,1-3H3. The van der Waals surface area contributed by atoms with Gasteiger partial charge in [0.2, 0.25) is 6.79 Å². The maximum absolute atomic E-state index is 9.35. The van der Waals surface area contributed by atoms with Crippen molar-refractivity contribution in [2.75, 3.05) is 20.5 Å². The van der Waals surface area contributed by atoms with E-state index in [1.165, 1.54) is 0 Å². The SMILES string of the molecule is COC(C)(C)CCOc1cc2c(cc1CO)OCO2. The predicted octanol–water partition coefficient (Wildman–Crippen LogP) is 2.10. The van der Waals surface area contributed by atoms with Crippen molar-refractivity contribution in [3.8, 4) is 17.2 Å². The Hall–Kier alpha value is -1.46. The predicted molar refractivity (Wildman–Crippen MR) is 69.7 cm³/mol. The van der Waals surface area contributed by atoms with Crippen LogP contribution in [-0.4, -0.2) is 31.2 Å². The second kappa shape index (κ2) is 5.67. The van der Waals surface area contributed by atoms with Crippen molar-refractivity contribution in [2.45, 2.75) is 32.5 Å². The van der Waals surface area contributed by atoms with Crippen LogP contribution >= 0.6 is 0 Å². The summed E-state index contributed by atoms with van der Waals surface area (Å²) in [6, 6.07) is 3.51. The smallest absolute Gasteiger partial charge is 0.231 e. The molecule has 0 bridgehead atoms. The molecule has 0 fully saturated rings. The van der Waals surface area contributed by atoms with Crippen LogP contribution in [0.5, 0.6) is 17.2 Å². The highest BCUT2D eigenvalue weighted by molar-refractivity contribution is 5.51. The summed E-state index contributed by atoms with van der Waals surface area (Å²) in [5.41, 5.74) is 0.467. The molecule has 106 valence electrons. The highest BCUT2D eigenvalue weighted by Crippen LogP contribution is 2.38. The third-order valence-electron chi connectivity index (χ3n) is 3.24. The number of rotatable bonds is 6. The molecule has 1 aliphatic rings. The number of aliphatic hydroxyl groups is 1. The molecule has 1 N–H and O–H groups in total. The van der Waals surface area contributed by atoms with Gasteiger partial charge in [-0.05, 0) is 19.9 Å². The monoisotopic (exact) mass is 268 g/mol.